The van der Waals surface area contributed by atoms with Gasteiger partial charge in [-0.05, 0) is 18.8 Å². The van der Waals surface area contributed by atoms with Gasteiger partial charge in [-0.1, -0.05) is 30.9 Å². The summed E-state index contributed by atoms with van der Waals surface area (Å²) in [4.78, 5) is 12.1. The summed E-state index contributed by atoms with van der Waals surface area (Å²) < 4.78 is 1.19. The topological polar surface area (TPSA) is 67.2 Å². The molecule has 0 radical (unpaired) electrons. The molecule has 0 aromatic carbocycles. The molecular weight excluding hydrogens is 278 g/mol. The van der Waals surface area contributed by atoms with Gasteiger partial charge in [0.2, 0.25) is 0 Å². The van der Waals surface area contributed by atoms with Gasteiger partial charge in [0.05, 0.1) is 11.2 Å². The fraction of sp³-hybridized carbons (Fsp3) is 0.571. The molecule has 1 aromatic rings. The van der Waals surface area contributed by atoms with Crippen molar-refractivity contribution in [3.63, 3.8) is 0 Å². The van der Waals surface area contributed by atoms with Gasteiger partial charge >= 0.3 is 0 Å². The molecule has 110 valence electrons. The molecule has 1 aromatic heterocycles. The lowest BCUT2D eigenvalue weighted by atomic mass is 10.0. The van der Waals surface area contributed by atoms with Gasteiger partial charge in [0.1, 0.15) is 12.2 Å². The molecule has 1 atom stereocenters. The predicted octanol–water partition coefficient (Wildman–Crippen LogP) is 1.74. The van der Waals surface area contributed by atoms with Crippen LogP contribution in [0.25, 0.3) is 0 Å². The van der Waals surface area contributed by atoms with Crippen LogP contribution in [-0.4, -0.2) is 28.0 Å². The van der Waals surface area contributed by atoms with Crippen molar-refractivity contribution >= 4 is 17.3 Å². The molecule has 0 spiro atoms. The summed E-state index contributed by atoms with van der Waals surface area (Å²) >= 11 is 6.00. The third-order valence-electron chi connectivity index (χ3n) is 3.04. The molecule has 1 unspecified atom stereocenters. The molecule has 1 rings (SSSR count). The van der Waals surface area contributed by atoms with E-state index in [4.69, 9.17) is 23.1 Å². The van der Waals surface area contributed by atoms with E-state index in [-0.39, 0.29) is 23.7 Å². The molecule has 6 heteroatoms. The second kappa shape index (κ2) is 8.62. The molecular formula is C14H20ClN3O2. The van der Waals surface area contributed by atoms with E-state index < -0.39 is 0 Å². The predicted molar refractivity (Wildman–Crippen MR) is 80.9 cm³/mol. The summed E-state index contributed by atoms with van der Waals surface area (Å²) in [5, 5.41) is 16.3. The first-order valence-electron chi connectivity index (χ1n) is 6.67. The number of hydrogen-bond acceptors (Lipinski definition) is 4. The minimum Gasteiger partial charge on any atom is -0.396 e. The molecule has 0 saturated heterocycles. The lowest BCUT2D eigenvalue weighted by molar-refractivity contribution is 0.255. The zero-order valence-corrected chi connectivity index (χ0v) is 12.4. The van der Waals surface area contributed by atoms with E-state index in [9.17, 15) is 4.79 Å². The number of anilines is 1. The van der Waals surface area contributed by atoms with E-state index in [1.54, 1.807) is 0 Å². The zero-order valence-electron chi connectivity index (χ0n) is 11.6. The first-order chi connectivity index (χ1) is 9.63. The molecule has 0 saturated carbocycles. The van der Waals surface area contributed by atoms with E-state index in [0.717, 1.165) is 12.8 Å². The number of aromatic nitrogens is 2. The van der Waals surface area contributed by atoms with Crippen molar-refractivity contribution < 1.29 is 5.11 Å². The first kappa shape index (κ1) is 16.5. The lowest BCUT2D eigenvalue weighted by Gasteiger charge is -2.17. The Labute approximate surface area is 124 Å². The van der Waals surface area contributed by atoms with Crippen LogP contribution in [0.1, 0.15) is 26.2 Å². The summed E-state index contributed by atoms with van der Waals surface area (Å²) in [6, 6.07) is 0. The monoisotopic (exact) mass is 297 g/mol. The van der Waals surface area contributed by atoms with Gasteiger partial charge in [-0.2, -0.15) is 5.10 Å². The van der Waals surface area contributed by atoms with Gasteiger partial charge in [0.25, 0.3) is 5.56 Å². The summed E-state index contributed by atoms with van der Waals surface area (Å²) in [6.07, 6.45) is 9.30. The van der Waals surface area contributed by atoms with E-state index >= 15 is 0 Å². The Kier molecular flexibility index (Phi) is 7.13. The van der Waals surface area contributed by atoms with Gasteiger partial charge in [-0.25, -0.2) is 4.68 Å². The van der Waals surface area contributed by atoms with Gasteiger partial charge < -0.3 is 10.4 Å². The van der Waals surface area contributed by atoms with Crippen LogP contribution < -0.4 is 10.9 Å². The van der Waals surface area contributed by atoms with Crippen LogP contribution >= 0.6 is 11.6 Å². The van der Waals surface area contributed by atoms with Crippen LogP contribution in [0.5, 0.6) is 0 Å². The Bertz CT molecular complexity index is 516. The third-order valence-corrected chi connectivity index (χ3v) is 3.33. The Hall–Kier alpha value is -1.51. The van der Waals surface area contributed by atoms with Crippen LogP contribution in [0, 0.1) is 18.3 Å². The number of aliphatic hydroxyl groups excluding tert-OH is 1. The minimum absolute atomic E-state index is 0.111. The highest BCUT2D eigenvalue weighted by molar-refractivity contribution is 6.32. The van der Waals surface area contributed by atoms with Crippen LogP contribution in [0.15, 0.2) is 11.0 Å². The summed E-state index contributed by atoms with van der Waals surface area (Å²) in [6.45, 7) is 2.92. The molecule has 20 heavy (non-hydrogen) atoms. The van der Waals surface area contributed by atoms with Crippen molar-refractivity contribution in [2.24, 2.45) is 5.92 Å². The minimum atomic E-state index is -0.324. The maximum absolute atomic E-state index is 12.1. The van der Waals surface area contributed by atoms with Crippen molar-refractivity contribution in [1.82, 2.24) is 9.78 Å². The number of hydrogen-bond donors (Lipinski definition) is 2. The number of aliphatic hydroxyl groups is 1. The molecule has 0 amide bonds. The van der Waals surface area contributed by atoms with Crippen LogP contribution in [0.2, 0.25) is 5.02 Å². The van der Waals surface area contributed by atoms with E-state index in [2.05, 4.69) is 23.3 Å². The van der Waals surface area contributed by atoms with Gasteiger partial charge in [-0.15, -0.1) is 6.42 Å². The normalized spacial score (nSPS) is 11.9. The average molecular weight is 298 g/mol. The lowest BCUT2D eigenvalue weighted by Crippen LogP contribution is -2.27. The zero-order chi connectivity index (χ0) is 15.0. The summed E-state index contributed by atoms with van der Waals surface area (Å²) in [5.74, 6) is 2.67. The molecule has 5 nitrogen and oxygen atoms in total. The van der Waals surface area contributed by atoms with Crippen LogP contribution in [-0.2, 0) is 6.54 Å². The standard InChI is InChI=1S/C14H20ClN3O2/c1-3-5-11(6-8-19)9-16-13-12(15)10-17-18(7-4-2)14(13)20/h2,10-11,16,19H,3,5-9H2,1H3. The summed E-state index contributed by atoms with van der Waals surface area (Å²) in [7, 11) is 0. The van der Waals surface area contributed by atoms with Crippen molar-refractivity contribution in [1.29, 1.82) is 0 Å². The van der Waals surface area contributed by atoms with E-state index in [0.29, 0.717) is 24.6 Å². The largest absolute Gasteiger partial charge is 0.396 e. The average Bonchev–Trinajstić information content (AvgIpc) is 2.42. The smallest absolute Gasteiger partial charge is 0.292 e. The van der Waals surface area contributed by atoms with Gasteiger partial charge in [0, 0.05) is 13.2 Å². The Morgan fingerprint density at radius 1 is 1.60 bits per heavy atom. The van der Waals surface area contributed by atoms with Crippen molar-refractivity contribution in [2.45, 2.75) is 32.7 Å². The van der Waals surface area contributed by atoms with Gasteiger partial charge in [0.15, 0.2) is 0 Å². The van der Waals surface area contributed by atoms with Crippen LogP contribution in [0.3, 0.4) is 0 Å². The summed E-state index contributed by atoms with van der Waals surface area (Å²) in [5.41, 5.74) is -0.00865. The molecule has 0 aliphatic heterocycles. The van der Waals surface area contributed by atoms with E-state index in [1.165, 1.54) is 10.9 Å². The fourth-order valence-corrected chi connectivity index (χ4v) is 2.20. The number of halogens is 1. The number of nitrogens with one attached hydrogen (secondary N) is 1. The highest BCUT2D eigenvalue weighted by atomic mass is 35.5. The Morgan fingerprint density at radius 2 is 2.35 bits per heavy atom. The Morgan fingerprint density at radius 3 is 2.95 bits per heavy atom. The highest BCUT2D eigenvalue weighted by Crippen LogP contribution is 2.17. The molecule has 0 bridgehead atoms. The van der Waals surface area contributed by atoms with E-state index in [1.807, 2.05) is 0 Å². The maximum Gasteiger partial charge on any atom is 0.292 e. The SMILES string of the molecule is C#CCn1ncc(Cl)c(NCC(CCC)CCO)c1=O. The molecule has 1 heterocycles. The van der Waals surface area contributed by atoms with Gasteiger partial charge in [-0.3, -0.25) is 4.79 Å². The number of nitrogens with zero attached hydrogens (tertiary/aromatic N) is 2. The maximum atomic E-state index is 12.1. The third kappa shape index (κ3) is 4.55. The van der Waals surface area contributed by atoms with Crippen molar-refractivity contribution in [2.75, 3.05) is 18.5 Å². The van der Waals surface area contributed by atoms with Crippen molar-refractivity contribution in [3.8, 4) is 12.3 Å². The quantitative estimate of drug-likeness (QED) is 0.717. The highest BCUT2D eigenvalue weighted by Gasteiger charge is 2.12. The van der Waals surface area contributed by atoms with Crippen molar-refractivity contribution in [3.05, 3.63) is 21.6 Å². The van der Waals surface area contributed by atoms with Crippen LogP contribution in [0.4, 0.5) is 5.69 Å². The fourth-order valence-electron chi connectivity index (χ4n) is 2.01. The molecule has 0 aliphatic rings. The molecule has 2 N–H and O–H groups in total. The molecule has 0 fully saturated rings. The Balaban J connectivity index is 2.83. The number of rotatable bonds is 8. The second-order valence-corrected chi connectivity index (χ2v) is 4.99. The number of terminal acetylenes is 1. The first-order valence-corrected chi connectivity index (χ1v) is 7.05. The second-order valence-electron chi connectivity index (χ2n) is 4.58. The molecule has 0 aliphatic carbocycles.